The average Bonchev–Trinajstić information content (AvgIpc) is 2.05. The van der Waals surface area contributed by atoms with E-state index in [0.717, 1.165) is 12.3 Å². The minimum atomic E-state index is -0.513. The van der Waals surface area contributed by atoms with Crippen molar-refractivity contribution in [1.82, 2.24) is 0 Å². The monoisotopic (exact) mass is 170 g/mol. The molecule has 0 atom stereocenters. The van der Waals surface area contributed by atoms with Gasteiger partial charge in [-0.3, -0.25) is 0 Å². The number of methoxy groups -OCH3 is 1. The number of rotatable bonds is 2. The fourth-order valence-electron chi connectivity index (χ4n) is 0.866. The lowest BCUT2D eigenvalue weighted by molar-refractivity contribution is 0.386. The number of hydrogen-bond acceptors (Lipinski definition) is 3. The standard InChI is InChI=1S/C8H9FN2O.H2/c1-12-8-2-5(4-10)7(11)3-6(8)9;/h2-4,10H,11H2,1H3;1H. The molecule has 3 nitrogen and oxygen atoms in total. The second kappa shape index (κ2) is 3.21. The predicted molar refractivity (Wildman–Crippen MR) is 47.4 cm³/mol. The Kier molecular flexibility index (Phi) is 2.28. The molecule has 1 aromatic rings. The summed E-state index contributed by atoms with van der Waals surface area (Å²) in [6.45, 7) is 0. The van der Waals surface area contributed by atoms with Gasteiger partial charge >= 0.3 is 0 Å². The summed E-state index contributed by atoms with van der Waals surface area (Å²) >= 11 is 0. The molecule has 0 saturated carbocycles. The Morgan fingerprint density at radius 3 is 2.83 bits per heavy atom. The zero-order valence-electron chi connectivity index (χ0n) is 6.60. The average molecular weight is 170 g/mol. The summed E-state index contributed by atoms with van der Waals surface area (Å²) in [5.74, 6) is -0.414. The van der Waals surface area contributed by atoms with Crippen LogP contribution in [0.5, 0.6) is 5.75 Å². The molecule has 0 fully saturated rings. The van der Waals surface area contributed by atoms with E-state index < -0.39 is 5.82 Å². The maximum absolute atomic E-state index is 12.9. The third-order valence-electron chi connectivity index (χ3n) is 1.51. The fourth-order valence-corrected chi connectivity index (χ4v) is 0.866. The molecule has 0 saturated heterocycles. The molecule has 0 amide bonds. The Bertz CT molecular complexity index is 317. The van der Waals surface area contributed by atoms with Gasteiger partial charge in [-0.05, 0) is 6.07 Å². The van der Waals surface area contributed by atoms with Crippen molar-refractivity contribution in [3.05, 3.63) is 23.5 Å². The summed E-state index contributed by atoms with van der Waals surface area (Å²) in [7, 11) is 1.36. The van der Waals surface area contributed by atoms with Crippen molar-refractivity contribution in [3.63, 3.8) is 0 Å². The molecular weight excluding hydrogens is 159 g/mol. The minimum Gasteiger partial charge on any atom is -0.494 e. The normalized spacial score (nSPS) is 9.50. The van der Waals surface area contributed by atoms with E-state index in [1.807, 2.05) is 0 Å². The predicted octanol–water partition coefficient (Wildman–Crippen LogP) is 1.66. The van der Waals surface area contributed by atoms with Crippen LogP contribution >= 0.6 is 0 Å². The fraction of sp³-hybridized carbons (Fsp3) is 0.125. The van der Waals surface area contributed by atoms with Gasteiger partial charge in [0.25, 0.3) is 0 Å². The van der Waals surface area contributed by atoms with Crippen LogP contribution in [0.25, 0.3) is 0 Å². The van der Waals surface area contributed by atoms with Crippen molar-refractivity contribution < 1.29 is 10.6 Å². The number of benzene rings is 1. The molecule has 0 radical (unpaired) electrons. The zero-order chi connectivity index (χ0) is 9.14. The highest BCUT2D eigenvalue weighted by Gasteiger charge is 2.05. The maximum Gasteiger partial charge on any atom is 0.167 e. The molecule has 0 unspecified atom stereocenters. The number of halogens is 1. The first-order chi connectivity index (χ1) is 5.69. The number of anilines is 1. The van der Waals surface area contributed by atoms with Gasteiger partial charge in [0.15, 0.2) is 11.6 Å². The topological polar surface area (TPSA) is 59.1 Å². The molecule has 4 heteroatoms. The molecule has 66 valence electrons. The molecule has 1 rings (SSSR count). The second-order valence-corrected chi connectivity index (χ2v) is 2.26. The summed E-state index contributed by atoms with van der Waals surface area (Å²) in [6, 6.07) is 2.52. The van der Waals surface area contributed by atoms with E-state index in [1.54, 1.807) is 0 Å². The Hall–Kier alpha value is -1.58. The van der Waals surface area contributed by atoms with Crippen LogP contribution in [-0.4, -0.2) is 13.3 Å². The molecule has 0 spiro atoms. The SMILES string of the molecule is COc1cc(C=N)c(N)cc1F.[HH]. The summed E-state index contributed by atoms with van der Waals surface area (Å²) < 4.78 is 17.6. The van der Waals surface area contributed by atoms with Crippen LogP contribution in [0.4, 0.5) is 10.1 Å². The van der Waals surface area contributed by atoms with Crippen LogP contribution in [0, 0.1) is 11.2 Å². The second-order valence-electron chi connectivity index (χ2n) is 2.26. The van der Waals surface area contributed by atoms with Gasteiger partial charge in [0.1, 0.15) is 0 Å². The van der Waals surface area contributed by atoms with E-state index in [9.17, 15) is 4.39 Å². The molecule has 0 heterocycles. The Balaban J connectivity index is 0.00000144. The van der Waals surface area contributed by atoms with Crippen LogP contribution in [0.1, 0.15) is 6.99 Å². The molecule has 1 aromatic carbocycles. The quantitative estimate of drug-likeness (QED) is 0.523. The number of nitrogens with one attached hydrogen (secondary N) is 1. The highest BCUT2D eigenvalue weighted by atomic mass is 19.1. The molecule has 3 N–H and O–H groups in total. The number of hydrogen-bond donors (Lipinski definition) is 2. The highest BCUT2D eigenvalue weighted by Crippen LogP contribution is 2.22. The van der Waals surface area contributed by atoms with E-state index in [4.69, 9.17) is 15.9 Å². The molecule has 0 aliphatic rings. The highest BCUT2D eigenvalue weighted by molar-refractivity contribution is 5.85. The van der Waals surface area contributed by atoms with Crippen molar-refractivity contribution >= 4 is 11.9 Å². The summed E-state index contributed by atoms with van der Waals surface area (Å²) in [6.07, 6.45) is 1.05. The molecular formula is C8H11FN2O. The van der Waals surface area contributed by atoms with Gasteiger partial charge in [0, 0.05) is 25.0 Å². The number of nitrogen functional groups attached to an aromatic ring is 1. The first-order valence-corrected chi connectivity index (χ1v) is 3.32. The lowest BCUT2D eigenvalue weighted by atomic mass is 10.2. The maximum atomic E-state index is 12.9. The molecule has 12 heavy (non-hydrogen) atoms. The summed E-state index contributed by atoms with van der Waals surface area (Å²) in [4.78, 5) is 0. The van der Waals surface area contributed by atoms with Gasteiger partial charge in [-0.1, -0.05) is 0 Å². The van der Waals surface area contributed by atoms with Gasteiger partial charge in [-0.15, -0.1) is 0 Å². The van der Waals surface area contributed by atoms with Crippen molar-refractivity contribution in [1.29, 1.82) is 5.41 Å². The minimum absolute atomic E-state index is 0. The van der Waals surface area contributed by atoms with Gasteiger partial charge in [-0.2, -0.15) is 0 Å². The Labute approximate surface area is 71.0 Å². The Morgan fingerprint density at radius 1 is 1.67 bits per heavy atom. The van der Waals surface area contributed by atoms with Crippen LogP contribution in [-0.2, 0) is 0 Å². The van der Waals surface area contributed by atoms with Gasteiger partial charge < -0.3 is 15.9 Å². The molecule has 0 aromatic heterocycles. The third kappa shape index (κ3) is 1.37. The number of nitrogens with two attached hydrogens (primary N) is 1. The van der Waals surface area contributed by atoms with Crippen molar-refractivity contribution in [2.24, 2.45) is 0 Å². The molecule has 0 aliphatic carbocycles. The lowest BCUT2D eigenvalue weighted by Crippen LogP contribution is -1.96. The van der Waals surface area contributed by atoms with E-state index >= 15 is 0 Å². The first-order valence-electron chi connectivity index (χ1n) is 3.32. The lowest BCUT2D eigenvalue weighted by Gasteiger charge is -2.04. The van der Waals surface area contributed by atoms with Gasteiger partial charge in [0.05, 0.1) is 7.11 Å². The molecule has 0 bridgehead atoms. The van der Waals surface area contributed by atoms with Crippen LogP contribution in [0.2, 0.25) is 0 Å². The van der Waals surface area contributed by atoms with Crippen molar-refractivity contribution in [3.8, 4) is 5.75 Å². The Morgan fingerprint density at radius 2 is 2.33 bits per heavy atom. The zero-order valence-corrected chi connectivity index (χ0v) is 6.60. The largest absolute Gasteiger partial charge is 0.494 e. The van der Waals surface area contributed by atoms with Crippen LogP contribution in [0.3, 0.4) is 0 Å². The van der Waals surface area contributed by atoms with Gasteiger partial charge in [0.2, 0.25) is 0 Å². The van der Waals surface area contributed by atoms with Crippen LogP contribution in [0.15, 0.2) is 12.1 Å². The van der Waals surface area contributed by atoms with E-state index in [0.29, 0.717) is 5.56 Å². The third-order valence-corrected chi connectivity index (χ3v) is 1.51. The van der Waals surface area contributed by atoms with Crippen molar-refractivity contribution in [2.75, 3.05) is 12.8 Å². The van der Waals surface area contributed by atoms with Gasteiger partial charge in [-0.25, -0.2) is 4.39 Å². The first kappa shape index (κ1) is 8.52. The van der Waals surface area contributed by atoms with Crippen LogP contribution < -0.4 is 10.5 Å². The summed E-state index contributed by atoms with van der Waals surface area (Å²) in [5.41, 5.74) is 6.10. The van der Waals surface area contributed by atoms with E-state index in [-0.39, 0.29) is 12.9 Å². The van der Waals surface area contributed by atoms with Crippen molar-refractivity contribution in [2.45, 2.75) is 0 Å². The smallest absolute Gasteiger partial charge is 0.167 e. The molecule has 0 aliphatic heterocycles. The van der Waals surface area contributed by atoms with E-state index in [1.165, 1.54) is 13.2 Å². The number of ether oxygens (including phenoxy) is 1. The summed E-state index contributed by atoms with van der Waals surface area (Å²) in [5, 5.41) is 6.94. The van der Waals surface area contributed by atoms with E-state index in [2.05, 4.69) is 0 Å².